The van der Waals surface area contributed by atoms with Crippen molar-refractivity contribution in [1.82, 2.24) is 10.3 Å². The van der Waals surface area contributed by atoms with Crippen molar-refractivity contribution >= 4 is 12.0 Å². The van der Waals surface area contributed by atoms with Crippen molar-refractivity contribution in [2.45, 2.75) is 27.2 Å². The molecule has 0 aliphatic carbocycles. The lowest BCUT2D eigenvalue weighted by molar-refractivity contribution is -0.117. The summed E-state index contributed by atoms with van der Waals surface area (Å²) in [6, 6.07) is 1.86. The first-order valence-corrected chi connectivity index (χ1v) is 5.42. The second-order valence-electron chi connectivity index (χ2n) is 3.61. The van der Waals surface area contributed by atoms with E-state index in [1.54, 1.807) is 13.8 Å². The number of aryl methyl sites for hydroxylation is 2. The highest BCUT2D eigenvalue weighted by Gasteiger charge is 2.11. The van der Waals surface area contributed by atoms with Crippen LogP contribution in [0.4, 0.5) is 0 Å². The molecule has 1 N–H and O–H groups in total. The van der Waals surface area contributed by atoms with Gasteiger partial charge in [-0.1, -0.05) is 6.92 Å². The Bertz CT molecular complexity index is 480. The highest BCUT2D eigenvalue weighted by atomic mass is 16.4. The fourth-order valence-electron chi connectivity index (χ4n) is 1.29. The maximum absolute atomic E-state index is 11.6. The summed E-state index contributed by atoms with van der Waals surface area (Å²) in [6.45, 7) is 5.97. The van der Waals surface area contributed by atoms with Crippen LogP contribution in [-0.2, 0) is 4.79 Å². The molecule has 5 heteroatoms. The molecule has 17 heavy (non-hydrogen) atoms. The van der Waals surface area contributed by atoms with Crippen molar-refractivity contribution < 1.29 is 9.21 Å². The van der Waals surface area contributed by atoms with Gasteiger partial charge in [0.25, 0.3) is 5.91 Å². The third-order valence-electron chi connectivity index (χ3n) is 2.12. The molecule has 1 aromatic rings. The number of hydrogen-bond donors (Lipinski definition) is 1. The standard InChI is InChI=1S/C12H15N3O2/c1-4-5-14-12(16)10(7-13)6-11-8(2)15-9(3)17-11/h6H,4-5H2,1-3H3,(H,14,16)/b10-6+. The molecule has 5 nitrogen and oxygen atoms in total. The highest BCUT2D eigenvalue weighted by Crippen LogP contribution is 2.13. The molecule has 90 valence electrons. The molecule has 0 aromatic carbocycles. The van der Waals surface area contributed by atoms with Crippen LogP contribution in [0, 0.1) is 25.2 Å². The van der Waals surface area contributed by atoms with Gasteiger partial charge in [0.2, 0.25) is 0 Å². The number of carbonyl (C=O) groups excluding carboxylic acids is 1. The number of amides is 1. The molecule has 0 saturated carbocycles. The SMILES string of the molecule is CCCNC(=O)/C(C#N)=C/c1oc(C)nc1C. The van der Waals surface area contributed by atoms with E-state index in [1.165, 1.54) is 6.08 Å². The summed E-state index contributed by atoms with van der Waals surface area (Å²) in [5.41, 5.74) is 0.691. The molecule has 1 heterocycles. The van der Waals surface area contributed by atoms with E-state index >= 15 is 0 Å². The van der Waals surface area contributed by atoms with Gasteiger partial charge in [-0.25, -0.2) is 4.98 Å². The fourth-order valence-corrected chi connectivity index (χ4v) is 1.29. The monoisotopic (exact) mass is 233 g/mol. The van der Waals surface area contributed by atoms with E-state index in [0.717, 1.165) is 6.42 Å². The molecule has 0 saturated heterocycles. The van der Waals surface area contributed by atoms with E-state index in [0.29, 0.717) is 23.9 Å². The van der Waals surface area contributed by atoms with Gasteiger partial charge < -0.3 is 9.73 Å². The molecule has 0 bridgehead atoms. The summed E-state index contributed by atoms with van der Waals surface area (Å²) in [6.07, 6.45) is 2.24. The number of carbonyl (C=O) groups is 1. The van der Waals surface area contributed by atoms with Crippen LogP contribution < -0.4 is 5.32 Å². The first kappa shape index (κ1) is 13.0. The summed E-state index contributed by atoms with van der Waals surface area (Å²) in [7, 11) is 0. The Labute approximate surface area is 100 Å². The molecule has 0 aliphatic rings. The van der Waals surface area contributed by atoms with Gasteiger partial charge in [-0.15, -0.1) is 0 Å². The first-order chi connectivity index (χ1) is 8.08. The van der Waals surface area contributed by atoms with Crippen LogP contribution in [0.2, 0.25) is 0 Å². The van der Waals surface area contributed by atoms with Crippen molar-refractivity contribution in [3.8, 4) is 6.07 Å². The topological polar surface area (TPSA) is 78.9 Å². The van der Waals surface area contributed by atoms with Gasteiger partial charge in [0, 0.05) is 19.5 Å². The number of nitrogens with one attached hydrogen (secondary N) is 1. The summed E-state index contributed by atoms with van der Waals surface area (Å²) >= 11 is 0. The molecule has 0 aliphatic heterocycles. The van der Waals surface area contributed by atoms with Crippen LogP contribution >= 0.6 is 0 Å². The average Bonchev–Trinajstić information content (AvgIpc) is 2.61. The number of nitrogens with zero attached hydrogens (tertiary/aromatic N) is 2. The van der Waals surface area contributed by atoms with E-state index in [2.05, 4.69) is 10.3 Å². The minimum Gasteiger partial charge on any atom is -0.441 e. The van der Waals surface area contributed by atoms with Crippen LogP contribution in [0.15, 0.2) is 9.99 Å². The summed E-state index contributed by atoms with van der Waals surface area (Å²) in [4.78, 5) is 15.7. The lowest BCUT2D eigenvalue weighted by Crippen LogP contribution is -2.25. The van der Waals surface area contributed by atoms with Crippen LogP contribution in [0.5, 0.6) is 0 Å². The smallest absolute Gasteiger partial charge is 0.262 e. The van der Waals surface area contributed by atoms with Crippen molar-refractivity contribution in [1.29, 1.82) is 5.26 Å². The van der Waals surface area contributed by atoms with Gasteiger partial charge in [0.1, 0.15) is 11.6 Å². The van der Waals surface area contributed by atoms with Crippen LogP contribution in [-0.4, -0.2) is 17.4 Å². The Morgan fingerprint density at radius 2 is 2.29 bits per heavy atom. The Morgan fingerprint density at radius 3 is 2.76 bits per heavy atom. The van der Waals surface area contributed by atoms with Crippen LogP contribution in [0.3, 0.4) is 0 Å². The molecule has 1 amide bonds. The van der Waals surface area contributed by atoms with Crippen LogP contribution in [0.1, 0.15) is 30.7 Å². The summed E-state index contributed by atoms with van der Waals surface area (Å²) in [5.74, 6) is 0.577. The van der Waals surface area contributed by atoms with Crippen molar-refractivity contribution in [3.05, 3.63) is 22.9 Å². The molecule has 1 rings (SSSR count). The van der Waals surface area contributed by atoms with Gasteiger partial charge in [-0.2, -0.15) is 5.26 Å². The lowest BCUT2D eigenvalue weighted by Gasteiger charge is -2.00. The highest BCUT2D eigenvalue weighted by molar-refractivity contribution is 6.01. The van der Waals surface area contributed by atoms with E-state index in [4.69, 9.17) is 9.68 Å². The summed E-state index contributed by atoms with van der Waals surface area (Å²) in [5, 5.41) is 11.6. The third kappa shape index (κ3) is 3.45. The predicted molar refractivity (Wildman–Crippen MR) is 62.9 cm³/mol. The first-order valence-electron chi connectivity index (χ1n) is 5.42. The molecule has 1 aromatic heterocycles. The number of aromatic nitrogens is 1. The van der Waals surface area contributed by atoms with Gasteiger partial charge in [0.15, 0.2) is 11.7 Å². The van der Waals surface area contributed by atoms with Crippen molar-refractivity contribution in [2.75, 3.05) is 6.54 Å². The largest absolute Gasteiger partial charge is 0.441 e. The Hall–Kier alpha value is -2.09. The van der Waals surface area contributed by atoms with E-state index in [-0.39, 0.29) is 11.5 Å². The normalized spacial score (nSPS) is 11.1. The zero-order valence-corrected chi connectivity index (χ0v) is 10.2. The number of oxazole rings is 1. The Morgan fingerprint density at radius 1 is 1.59 bits per heavy atom. The molecule has 0 unspecified atom stereocenters. The third-order valence-corrected chi connectivity index (χ3v) is 2.12. The van der Waals surface area contributed by atoms with Crippen molar-refractivity contribution in [3.63, 3.8) is 0 Å². The Kier molecular flexibility index (Phi) is 4.46. The minimum atomic E-state index is -0.386. The average molecular weight is 233 g/mol. The van der Waals surface area contributed by atoms with Crippen LogP contribution in [0.25, 0.3) is 6.08 Å². The van der Waals surface area contributed by atoms with Crippen molar-refractivity contribution in [2.24, 2.45) is 0 Å². The van der Waals surface area contributed by atoms with Gasteiger partial charge >= 0.3 is 0 Å². The molecular weight excluding hydrogens is 218 g/mol. The lowest BCUT2D eigenvalue weighted by atomic mass is 10.2. The van der Waals surface area contributed by atoms with Gasteiger partial charge in [0.05, 0.1) is 5.69 Å². The summed E-state index contributed by atoms with van der Waals surface area (Å²) < 4.78 is 5.28. The number of nitriles is 1. The maximum atomic E-state index is 11.6. The molecule has 0 atom stereocenters. The maximum Gasteiger partial charge on any atom is 0.262 e. The second kappa shape index (κ2) is 5.85. The van der Waals surface area contributed by atoms with E-state index in [1.807, 2.05) is 13.0 Å². The second-order valence-corrected chi connectivity index (χ2v) is 3.61. The molecule has 0 radical (unpaired) electrons. The van der Waals surface area contributed by atoms with E-state index < -0.39 is 0 Å². The molecule has 0 spiro atoms. The van der Waals surface area contributed by atoms with Gasteiger partial charge in [-0.05, 0) is 13.3 Å². The minimum absolute atomic E-state index is 0.0256. The number of hydrogen-bond acceptors (Lipinski definition) is 4. The zero-order chi connectivity index (χ0) is 12.8. The van der Waals surface area contributed by atoms with Gasteiger partial charge in [-0.3, -0.25) is 4.79 Å². The number of rotatable bonds is 4. The zero-order valence-electron chi connectivity index (χ0n) is 10.2. The molecule has 0 fully saturated rings. The predicted octanol–water partition coefficient (Wildman–Crippen LogP) is 1.72. The molecular formula is C12H15N3O2. The quantitative estimate of drug-likeness (QED) is 0.634. The fraction of sp³-hybridized carbons (Fsp3) is 0.417. The van der Waals surface area contributed by atoms with E-state index in [9.17, 15) is 4.79 Å². The Balaban J connectivity index is 2.91.